The van der Waals surface area contributed by atoms with Crippen molar-refractivity contribution in [1.29, 1.82) is 0 Å². The number of amides is 1. The second kappa shape index (κ2) is 8.14. The highest BCUT2D eigenvalue weighted by Gasteiger charge is 2.16. The Bertz CT molecular complexity index is 541. The summed E-state index contributed by atoms with van der Waals surface area (Å²) in [6.07, 6.45) is -0.0173. The number of benzene rings is 1. The molecule has 0 bridgehead atoms. The first-order valence-corrected chi connectivity index (χ1v) is 8.90. The van der Waals surface area contributed by atoms with Crippen LogP contribution in [0, 0.1) is 5.92 Å². The molecule has 1 atom stereocenters. The van der Waals surface area contributed by atoms with Crippen molar-refractivity contribution in [3.8, 4) is 0 Å². The molecule has 0 aliphatic carbocycles. The molecule has 1 aromatic rings. The van der Waals surface area contributed by atoms with Crippen molar-refractivity contribution < 1.29 is 13.2 Å². The van der Waals surface area contributed by atoms with Gasteiger partial charge >= 0.3 is 0 Å². The molecule has 6 heteroatoms. The van der Waals surface area contributed by atoms with Crippen molar-refractivity contribution in [1.82, 2.24) is 5.32 Å². The monoisotopic (exact) mass is 312 g/mol. The molecule has 0 radical (unpaired) electrons. The fourth-order valence-corrected chi connectivity index (χ4v) is 3.65. The Morgan fingerprint density at radius 2 is 1.86 bits per heavy atom. The third kappa shape index (κ3) is 7.24. The van der Waals surface area contributed by atoms with Crippen molar-refractivity contribution >= 4 is 15.7 Å². The molecular formula is C15H24N2O3S. The summed E-state index contributed by atoms with van der Waals surface area (Å²) >= 11 is 0. The number of nitrogens with one attached hydrogen (secondary N) is 1. The minimum atomic E-state index is -3.16. The summed E-state index contributed by atoms with van der Waals surface area (Å²) in [5, 5.41) is 2.68. The number of sulfone groups is 1. The van der Waals surface area contributed by atoms with Crippen molar-refractivity contribution in [2.45, 2.75) is 26.3 Å². The number of carbonyl (C=O) groups is 1. The zero-order chi connectivity index (χ0) is 15.9. The first-order valence-electron chi connectivity index (χ1n) is 7.08. The van der Waals surface area contributed by atoms with Crippen molar-refractivity contribution in [3.05, 3.63) is 35.9 Å². The van der Waals surface area contributed by atoms with E-state index in [2.05, 4.69) is 5.32 Å². The fraction of sp³-hybridized carbons (Fsp3) is 0.533. The highest BCUT2D eigenvalue weighted by Crippen LogP contribution is 2.08. The Balaban J connectivity index is 2.35. The van der Waals surface area contributed by atoms with Crippen LogP contribution in [0.15, 0.2) is 30.3 Å². The highest BCUT2D eigenvalue weighted by atomic mass is 32.2. The molecule has 0 fully saturated rings. The zero-order valence-electron chi connectivity index (χ0n) is 12.6. The van der Waals surface area contributed by atoms with Gasteiger partial charge in [-0.1, -0.05) is 44.2 Å². The topological polar surface area (TPSA) is 89.3 Å². The van der Waals surface area contributed by atoms with Gasteiger partial charge in [0.1, 0.15) is 0 Å². The van der Waals surface area contributed by atoms with E-state index in [1.165, 1.54) is 0 Å². The van der Waals surface area contributed by atoms with Crippen LogP contribution in [0.1, 0.15) is 31.9 Å². The molecule has 1 amide bonds. The van der Waals surface area contributed by atoms with Crippen LogP contribution in [0.25, 0.3) is 0 Å². The van der Waals surface area contributed by atoms with Gasteiger partial charge in [0.2, 0.25) is 5.91 Å². The number of hydrogen-bond acceptors (Lipinski definition) is 4. The molecule has 1 aromatic carbocycles. The lowest BCUT2D eigenvalue weighted by molar-refractivity contribution is -0.120. The fourth-order valence-electron chi connectivity index (χ4n) is 1.97. The van der Waals surface area contributed by atoms with E-state index in [1.54, 1.807) is 0 Å². The third-order valence-electron chi connectivity index (χ3n) is 2.97. The van der Waals surface area contributed by atoms with Crippen LogP contribution in [-0.2, 0) is 14.6 Å². The lowest BCUT2D eigenvalue weighted by atomic mass is 10.1. The quantitative estimate of drug-likeness (QED) is 0.756. The van der Waals surface area contributed by atoms with Gasteiger partial charge in [-0.15, -0.1) is 0 Å². The van der Waals surface area contributed by atoms with Crippen LogP contribution in [-0.4, -0.2) is 32.4 Å². The smallest absolute Gasteiger partial charge is 0.221 e. The van der Waals surface area contributed by atoms with Gasteiger partial charge in [0.25, 0.3) is 0 Å². The Morgan fingerprint density at radius 3 is 2.43 bits per heavy atom. The predicted octanol–water partition coefficient (Wildman–Crippen LogP) is 1.26. The maximum atomic E-state index is 11.7. The van der Waals surface area contributed by atoms with E-state index in [9.17, 15) is 13.2 Å². The minimum absolute atomic E-state index is 0.0173. The molecule has 0 aromatic heterocycles. The third-order valence-corrected chi connectivity index (χ3v) is 4.97. The molecule has 0 aliphatic heterocycles. The van der Waals surface area contributed by atoms with E-state index in [1.807, 2.05) is 44.2 Å². The van der Waals surface area contributed by atoms with E-state index < -0.39 is 9.84 Å². The predicted molar refractivity (Wildman–Crippen MR) is 84.5 cm³/mol. The molecule has 5 nitrogen and oxygen atoms in total. The van der Waals surface area contributed by atoms with Gasteiger partial charge in [0.15, 0.2) is 9.84 Å². The Morgan fingerprint density at radius 1 is 1.24 bits per heavy atom. The molecule has 0 saturated carbocycles. The van der Waals surface area contributed by atoms with Crippen LogP contribution in [0.5, 0.6) is 0 Å². The van der Waals surface area contributed by atoms with E-state index in [-0.39, 0.29) is 35.8 Å². The summed E-state index contributed by atoms with van der Waals surface area (Å²) in [7, 11) is -3.16. The second-order valence-corrected chi connectivity index (χ2v) is 7.81. The lowest BCUT2D eigenvalue weighted by Crippen LogP contribution is -2.33. The SMILES string of the molecule is CC(C)CS(=O)(=O)CCC(=O)NCC(N)c1ccccc1. The number of rotatable bonds is 8. The molecular weight excluding hydrogens is 288 g/mol. The first kappa shape index (κ1) is 17.7. The standard InChI is InChI=1S/C15H24N2O3S/c1-12(2)11-21(19,20)9-8-15(18)17-10-14(16)13-6-4-3-5-7-13/h3-7,12,14H,8-11,16H2,1-2H3,(H,17,18). The molecule has 118 valence electrons. The molecule has 1 rings (SSSR count). The molecule has 0 spiro atoms. The van der Waals surface area contributed by atoms with Crippen molar-refractivity contribution in [2.75, 3.05) is 18.1 Å². The van der Waals surface area contributed by atoms with Gasteiger partial charge in [-0.25, -0.2) is 8.42 Å². The number of nitrogens with two attached hydrogens (primary N) is 1. The van der Waals surface area contributed by atoms with Gasteiger partial charge in [-0.2, -0.15) is 0 Å². The molecule has 21 heavy (non-hydrogen) atoms. The lowest BCUT2D eigenvalue weighted by Gasteiger charge is -2.13. The summed E-state index contributed by atoms with van der Waals surface area (Å²) < 4.78 is 23.4. The van der Waals surface area contributed by atoms with Crippen LogP contribution < -0.4 is 11.1 Å². The van der Waals surface area contributed by atoms with Crippen LogP contribution >= 0.6 is 0 Å². The normalized spacial score (nSPS) is 13.1. The van der Waals surface area contributed by atoms with Gasteiger partial charge < -0.3 is 11.1 Å². The molecule has 1 unspecified atom stereocenters. The van der Waals surface area contributed by atoms with E-state index in [0.29, 0.717) is 6.54 Å². The maximum absolute atomic E-state index is 11.7. The average molecular weight is 312 g/mol. The molecule has 3 N–H and O–H groups in total. The van der Waals surface area contributed by atoms with Gasteiger partial charge in [0.05, 0.1) is 11.5 Å². The Hall–Kier alpha value is -1.40. The Kier molecular flexibility index (Phi) is 6.84. The van der Waals surface area contributed by atoms with Gasteiger partial charge in [-0.3, -0.25) is 4.79 Å². The highest BCUT2D eigenvalue weighted by molar-refractivity contribution is 7.91. The average Bonchev–Trinajstić information content (AvgIpc) is 2.42. The second-order valence-electron chi connectivity index (χ2n) is 5.58. The van der Waals surface area contributed by atoms with Crippen molar-refractivity contribution in [3.63, 3.8) is 0 Å². The summed E-state index contributed by atoms with van der Waals surface area (Å²) in [6.45, 7) is 3.99. The van der Waals surface area contributed by atoms with E-state index in [4.69, 9.17) is 5.73 Å². The number of carbonyl (C=O) groups excluding carboxylic acids is 1. The maximum Gasteiger partial charge on any atom is 0.221 e. The minimum Gasteiger partial charge on any atom is -0.354 e. The van der Waals surface area contributed by atoms with Crippen LogP contribution in [0.2, 0.25) is 0 Å². The van der Waals surface area contributed by atoms with E-state index >= 15 is 0 Å². The van der Waals surface area contributed by atoms with Crippen molar-refractivity contribution in [2.24, 2.45) is 11.7 Å². The van der Waals surface area contributed by atoms with Gasteiger partial charge in [0, 0.05) is 19.0 Å². The zero-order valence-corrected chi connectivity index (χ0v) is 13.4. The summed E-state index contributed by atoms with van der Waals surface area (Å²) in [5.74, 6) is -0.209. The number of hydrogen-bond donors (Lipinski definition) is 2. The van der Waals surface area contributed by atoms with Crippen LogP contribution in [0.3, 0.4) is 0 Å². The molecule has 0 saturated heterocycles. The van der Waals surface area contributed by atoms with E-state index in [0.717, 1.165) is 5.56 Å². The molecule has 0 heterocycles. The van der Waals surface area contributed by atoms with Crippen LogP contribution in [0.4, 0.5) is 0 Å². The first-order chi connectivity index (χ1) is 9.80. The Labute approximate surface area is 126 Å². The van der Waals surface area contributed by atoms with Gasteiger partial charge in [-0.05, 0) is 11.5 Å². The summed E-state index contributed by atoms with van der Waals surface area (Å²) in [4.78, 5) is 11.7. The molecule has 0 aliphatic rings. The summed E-state index contributed by atoms with van der Waals surface area (Å²) in [5.41, 5.74) is 6.89. The largest absolute Gasteiger partial charge is 0.354 e. The summed E-state index contributed by atoms with van der Waals surface area (Å²) in [6, 6.07) is 9.16.